The van der Waals surface area contributed by atoms with Crippen molar-refractivity contribution >= 4 is 15.9 Å². The molecule has 2 aliphatic rings. The predicted molar refractivity (Wildman–Crippen MR) is 62.9 cm³/mol. The van der Waals surface area contributed by atoms with E-state index < -0.39 is 0 Å². The number of terminal acetylenes is 2. The van der Waals surface area contributed by atoms with E-state index in [1.54, 1.807) is 0 Å². The maximum absolute atomic E-state index is 5.68. The van der Waals surface area contributed by atoms with Crippen LogP contribution < -0.4 is 0 Å². The van der Waals surface area contributed by atoms with Crippen LogP contribution in [0.1, 0.15) is 32.1 Å². The Morgan fingerprint density at radius 2 is 1.93 bits per heavy atom. The lowest BCUT2D eigenvalue weighted by molar-refractivity contribution is 0.114. The molecule has 2 saturated carbocycles. The van der Waals surface area contributed by atoms with E-state index in [9.17, 15) is 0 Å². The topological polar surface area (TPSA) is 0 Å². The quantitative estimate of drug-likeness (QED) is 0.458. The molecule has 0 spiro atoms. The van der Waals surface area contributed by atoms with Crippen molar-refractivity contribution in [2.24, 2.45) is 17.3 Å². The molecular formula is C13H15Br. The van der Waals surface area contributed by atoms with Gasteiger partial charge in [-0.15, -0.1) is 18.8 Å². The second-order valence-corrected chi connectivity index (χ2v) is 6.13. The van der Waals surface area contributed by atoms with E-state index in [1.807, 2.05) is 0 Å². The van der Waals surface area contributed by atoms with Gasteiger partial charge >= 0.3 is 0 Å². The van der Waals surface area contributed by atoms with E-state index in [1.165, 1.54) is 19.3 Å². The van der Waals surface area contributed by atoms with Crippen LogP contribution in [-0.4, -0.2) is 4.83 Å². The van der Waals surface area contributed by atoms with Gasteiger partial charge in [-0.05, 0) is 38.0 Å². The molecule has 0 amide bonds. The molecule has 74 valence electrons. The smallest absolute Gasteiger partial charge is 0.0337 e. The molecule has 0 aromatic rings. The molecule has 0 aromatic heterocycles. The summed E-state index contributed by atoms with van der Waals surface area (Å²) in [6, 6.07) is 0. The lowest BCUT2D eigenvalue weighted by Gasteiger charge is -2.46. The van der Waals surface area contributed by atoms with Crippen molar-refractivity contribution in [1.82, 2.24) is 0 Å². The molecular weight excluding hydrogens is 236 g/mol. The van der Waals surface area contributed by atoms with E-state index >= 15 is 0 Å². The summed E-state index contributed by atoms with van der Waals surface area (Å²) in [4.78, 5) is 0.607. The Hall–Kier alpha value is -0.400. The number of halogens is 1. The first kappa shape index (κ1) is 10.1. The molecule has 2 bridgehead atoms. The number of hydrogen-bond donors (Lipinski definition) is 0. The van der Waals surface area contributed by atoms with Gasteiger partial charge in [-0.1, -0.05) is 21.9 Å². The minimum Gasteiger partial charge on any atom is -0.120 e. The van der Waals surface area contributed by atoms with Crippen LogP contribution in [0.3, 0.4) is 0 Å². The second kappa shape index (κ2) is 3.63. The fraction of sp³-hybridized carbons (Fsp3) is 0.692. The van der Waals surface area contributed by atoms with Gasteiger partial charge in [0.15, 0.2) is 0 Å². The van der Waals surface area contributed by atoms with E-state index in [4.69, 9.17) is 12.8 Å². The van der Waals surface area contributed by atoms with Crippen LogP contribution in [0.15, 0.2) is 0 Å². The highest BCUT2D eigenvalue weighted by Gasteiger charge is 2.44. The van der Waals surface area contributed by atoms with Crippen LogP contribution in [0.5, 0.6) is 0 Å². The van der Waals surface area contributed by atoms with Gasteiger partial charge in [0.1, 0.15) is 0 Å². The highest BCUT2D eigenvalue weighted by Crippen LogP contribution is 2.51. The third-order valence-electron chi connectivity index (χ3n) is 3.68. The average Bonchev–Trinajstić information content (AvgIpc) is 2.16. The van der Waals surface area contributed by atoms with Gasteiger partial charge in [0.25, 0.3) is 0 Å². The third-order valence-corrected chi connectivity index (χ3v) is 4.38. The lowest BCUT2D eigenvalue weighted by Crippen LogP contribution is -2.39. The monoisotopic (exact) mass is 250 g/mol. The second-order valence-electron chi connectivity index (χ2n) is 4.84. The summed E-state index contributed by atoms with van der Waals surface area (Å²) in [6.45, 7) is 0. The van der Waals surface area contributed by atoms with Crippen LogP contribution in [0.4, 0.5) is 0 Å². The molecule has 1 heteroatoms. The van der Waals surface area contributed by atoms with Crippen LogP contribution in [0, 0.1) is 41.9 Å². The summed E-state index contributed by atoms with van der Waals surface area (Å²) < 4.78 is 0. The first-order chi connectivity index (χ1) is 6.67. The maximum atomic E-state index is 5.68. The van der Waals surface area contributed by atoms with Gasteiger partial charge < -0.3 is 0 Å². The predicted octanol–water partition coefficient (Wildman–Crippen LogP) is 3.21. The SMILES string of the molecule is C#CC1CC2CC(Br)CC(C#C)(C1)C2. The Bertz CT molecular complexity index is 302. The highest BCUT2D eigenvalue weighted by atomic mass is 79.9. The highest BCUT2D eigenvalue weighted by molar-refractivity contribution is 9.09. The van der Waals surface area contributed by atoms with Gasteiger partial charge in [-0.3, -0.25) is 0 Å². The zero-order valence-electron chi connectivity index (χ0n) is 8.30. The molecule has 0 aliphatic heterocycles. The van der Waals surface area contributed by atoms with Gasteiger partial charge in [0.05, 0.1) is 0 Å². The van der Waals surface area contributed by atoms with Crippen LogP contribution in [-0.2, 0) is 0 Å². The van der Waals surface area contributed by atoms with Gasteiger partial charge in [-0.25, -0.2) is 0 Å². The standard InChI is InChI=1S/C13H15Br/c1-3-10-5-11-6-12(14)9-13(4-2,7-10)8-11/h1-2,10-12H,5-9H2. The van der Waals surface area contributed by atoms with Gasteiger partial charge in [0, 0.05) is 16.2 Å². The van der Waals surface area contributed by atoms with Crippen molar-refractivity contribution in [3.63, 3.8) is 0 Å². The van der Waals surface area contributed by atoms with Crippen LogP contribution in [0.25, 0.3) is 0 Å². The molecule has 4 unspecified atom stereocenters. The Morgan fingerprint density at radius 1 is 1.14 bits per heavy atom. The molecule has 0 saturated heterocycles. The van der Waals surface area contributed by atoms with Crippen molar-refractivity contribution in [3.8, 4) is 24.7 Å². The molecule has 0 radical (unpaired) electrons. The Labute approximate surface area is 95.0 Å². The number of rotatable bonds is 0. The average molecular weight is 251 g/mol. The first-order valence-electron chi connectivity index (χ1n) is 5.25. The molecule has 4 atom stereocenters. The largest absolute Gasteiger partial charge is 0.120 e. The molecule has 2 fully saturated rings. The van der Waals surface area contributed by atoms with E-state index in [-0.39, 0.29) is 5.41 Å². The summed E-state index contributed by atoms with van der Waals surface area (Å²) in [5.41, 5.74) is 0.104. The normalized spacial score (nSPS) is 46.4. The Balaban J connectivity index is 2.22. The molecule has 0 heterocycles. The number of hydrogen-bond acceptors (Lipinski definition) is 0. The third kappa shape index (κ3) is 1.71. The Kier molecular flexibility index (Phi) is 2.63. The first-order valence-corrected chi connectivity index (χ1v) is 6.17. The van der Waals surface area contributed by atoms with E-state index in [0.29, 0.717) is 10.7 Å². The minimum atomic E-state index is 0.104. The molecule has 0 aromatic carbocycles. The Morgan fingerprint density at radius 3 is 2.57 bits per heavy atom. The zero-order valence-corrected chi connectivity index (χ0v) is 9.89. The van der Waals surface area contributed by atoms with Crippen LogP contribution in [0.2, 0.25) is 0 Å². The van der Waals surface area contributed by atoms with Crippen molar-refractivity contribution in [1.29, 1.82) is 0 Å². The van der Waals surface area contributed by atoms with Crippen LogP contribution >= 0.6 is 15.9 Å². The molecule has 2 aliphatic carbocycles. The summed E-state index contributed by atoms with van der Waals surface area (Å²) >= 11 is 3.71. The molecule has 2 rings (SSSR count). The number of alkyl halides is 1. The zero-order chi connectivity index (χ0) is 10.2. The lowest BCUT2D eigenvalue weighted by atomic mass is 9.59. The van der Waals surface area contributed by atoms with E-state index in [2.05, 4.69) is 27.8 Å². The minimum absolute atomic E-state index is 0.104. The molecule has 14 heavy (non-hydrogen) atoms. The summed E-state index contributed by atoms with van der Waals surface area (Å²) in [6.07, 6.45) is 17.0. The number of fused-ring (bicyclic) bond motifs is 2. The van der Waals surface area contributed by atoms with Crippen molar-refractivity contribution in [3.05, 3.63) is 0 Å². The summed E-state index contributed by atoms with van der Waals surface area (Å²) in [5.74, 6) is 7.08. The molecule has 0 nitrogen and oxygen atoms in total. The van der Waals surface area contributed by atoms with E-state index in [0.717, 1.165) is 18.8 Å². The van der Waals surface area contributed by atoms with Crippen molar-refractivity contribution in [2.45, 2.75) is 36.9 Å². The molecule has 0 N–H and O–H groups in total. The fourth-order valence-electron chi connectivity index (χ4n) is 3.20. The van der Waals surface area contributed by atoms with Gasteiger partial charge in [-0.2, -0.15) is 0 Å². The van der Waals surface area contributed by atoms with Crippen molar-refractivity contribution < 1.29 is 0 Å². The van der Waals surface area contributed by atoms with Crippen molar-refractivity contribution in [2.75, 3.05) is 0 Å². The summed E-state index contributed by atoms with van der Waals surface area (Å²) in [5, 5.41) is 0. The summed E-state index contributed by atoms with van der Waals surface area (Å²) in [7, 11) is 0. The fourth-order valence-corrected chi connectivity index (χ4v) is 4.34. The maximum Gasteiger partial charge on any atom is 0.0337 e. The van der Waals surface area contributed by atoms with Gasteiger partial charge in [0.2, 0.25) is 0 Å².